The summed E-state index contributed by atoms with van der Waals surface area (Å²) in [4.78, 5) is 36.6. The maximum absolute atomic E-state index is 12.6. The van der Waals surface area contributed by atoms with Crippen LogP contribution in [-0.4, -0.2) is 87.4 Å². The van der Waals surface area contributed by atoms with Crippen LogP contribution in [0.25, 0.3) is 0 Å². The molecule has 262 valence electrons. The molecule has 45 heavy (non-hydrogen) atoms. The highest BCUT2D eigenvalue weighted by Crippen LogP contribution is 2.12. The van der Waals surface area contributed by atoms with E-state index in [2.05, 4.69) is 38.2 Å². The Kier molecular flexibility index (Phi) is 27.7. The lowest BCUT2D eigenvalue weighted by atomic mass is 10.1. The topological polar surface area (TPSA) is 108 Å². The lowest BCUT2D eigenvalue weighted by Gasteiger charge is -2.25. The average molecular weight is 641 g/mol. The Hall–Kier alpha value is -2.23. The second-order valence-corrected chi connectivity index (χ2v) is 12.8. The number of likely N-dealkylation sites (N-methyl/N-ethyl adjacent to an activating group) is 1. The first-order valence-electron chi connectivity index (χ1n) is 17.5. The number of nitrogens with zero attached hydrogens (tertiary/aromatic N) is 1. The monoisotopic (exact) mass is 640 g/mol. The molecule has 9 heteroatoms. The van der Waals surface area contributed by atoms with Crippen LogP contribution in [0.15, 0.2) is 24.3 Å². The summed E-state index contributed by atoms with van der Waals surface area (Å²) in [7, 11) is 5.92. The Labute approximate surface area is 274 Å². The van der Waals surface area contributed by atoms with Gasteiger partial charge in [0.2, 0.25) is 0 Å². The first-order chi connectivity index (χ1) is 21.6. The van der Waals surface area contributed by atoms with Crippen LogP contribution in [0.4, 0.5) is 0 Å². The maximum Gasteiger partial charge on any atom is 0.361 e. The molecule has 9 nitrogen and oxygen atoms in total. The summed E-state index contributed by atoms with van der Waals surface area (Å²) < 4.78 is 22.4. The zero-order valence-electron chi connectivity index (χ0n) is 29.3. The van der Waals surface area contributed by atoms with Gasteiger partial charge in [-0.05, 0) is 38.5 Å². The largest absolute Gasteiger partial charge is 0.477 e. The van der Waals surface area contributed by atoms with Crippen LogP contribution in [0.2, 0.25) is 0 Å². The number of hydrogen-bond acceptors (Lipinski definition) is 7. The van der Waals surface area contributed by atoms with Crippen molar-refractivity contribution in [3.8, 4) is 0 Å². The van der Waals surface area contributed by atoms with E-state index >= 15 is 0 Å². The van der Waals surface area contributed by atoms with E-state index in [1.807, 2.05) is 21.1 Å². The lowest BCUT2D eigenvalue weighted by Crippen LogP contribution is -2.40. The van der Waals surface area contributed by atoms with Crippen molar-refractivity contribution in [3.63, 3.8) is 0 Å². The number of quaternary nitrogens is 1. The Morgan fingerprint density at radius 3 is 1.82 bits per heavy atom. The molecule has 1 N–H and O–H groups in total. The number of unbranched alkanes of at least 4 members (excludes halogenated alkanes) is 12. The molecule has 0 fully saturated rings. The number of allylic oxidation sites excluding steroid dienone is 4. The smallest absolute Gasteiger partial charge is 0.361 e. The van der Waals surface area contributed by atoms with Gasteiger partial charge in [-0.3, -0.25) is 9.59 Å². The van der Waals surface area contributed by atoms with Gasteiger partial charge in [0.25, 0.3) is 6.29 Å². The molecule has 0 spiro atoms. The molecule has 2 atom stereocenters. The van der Waals surface area contributed by atoms with E-state index in [0.717, 1.165) is 70.6 Å². The summed E-state index contributed by atoms with van der Waals surface area (Å²) in [5, 5.41) is 9.53. The molecule has 0 bridgehead atoms. The molecule has 0 aromatic rings. The van der Waals surface area contributed by atoms with Crippen molar-refractivity contribution < 1.29 is 42.9 Å². The number of carboxylic acid groups (broad SMARTS) is 1. The number of carbonyl (C=O) groups is 3. The summed E-state index contributed by atoms with van der Waals surface area (Å²) in [5.74, 6) is -2.04. The van der Waals surface area contributed by atoms with Crippen molar-refractivity contribution >= 4 is 17.9 Å². The zero-order chi connectivity index (χ0) is 33.6. The summed E-state index contributed by atoms with van der Waals surface area (Å²) >= 11 is 0. The molecule has 0 rings (SSSR count). The predicted octanol–water partition coefficient (Wildman–Crippen LogP) is 7.77. The van der Waals surface area contributed by atoms with Crippen molar-refractivity contribution in [2.45, 2.75) is 142 Å². The molecule has 0 saturated heterocycles. The molecular weight excluding hydrogens is 574 g/mol. The van der Waals surface area contributed by atoms with E-state index in [9.17, 15) is 19.5 Å². The first kappa shape index (κ1) is 42.8. The fourth-order valence-corrected chi connectivity index (χ4v) is 4.38. The van der Waals surface area contributed by atoms with Crippen LogP contribution in [0.3, 0.4) is 0 Å². The standard InChI is InChI=1S/C36H65NO8/c1-6-8-10-12-14-15-16-17-18-19-20-21-23-25-27-34(39)45-32(30-43-33(38)26-24-22-13-11-9-7-2)31-44-36(35(40)41)42-29-28-37(3,4)5/h12,14,16-17,32,36H,6-11,13,15,18-31H2,1-5H3/p+1/b14-12-,17-16-. The van der Waals surface area contributed by atoms with Crippen LogP contribution in [0.1, 0.15) is 129 Å². The van der Waals surface area contributed by atoms with E-state index in [1.54, 1.807) is 0 Å². The van der Waals surface area contributed by atoms with Gasteiger partial charge >= 0.3 is 17.9 Å². The summed E-state index contributed by atoms with van der Waals surface area (Å²) in [5.41, 5.74) is 0. The summed E-state index contributed by atoms with van der Waals surface area (Å²) in [6.07, 6.45) is 24.0. The van der Waals surface area contributed by atoms with Crippen LogP contribution >= 0.6 is 0 Å². The van der Waals surface area contributed by atoms with Crippen molar-refractivity contribution in [1.82, 2.24) is 0 Å². The fourth-order valence-electron chi connectivity index (χ4n) is 4.38. The molecule has 2 unspecified atom stereocenters. The molecule has 0 aliphatic rings. The van der Waals surface area contributed by atoms with E-state index in [4.69, 9.17) is 18.9 Å². The normalized spacial score (nSPS) is 13.4. The van der Waals surface area contributed by atoms with Gasteiger partial charge in [0, 0.05) is 12.8 Å². The average Bonchev–Trinajstić information content (AvgIpc) is 2.98. The molecule has 0 aromatic heterocycles. The summed E-state index contributed by atoms with van der Waals surface area (Å²) in [6.45, 7) is 4.71. The van der Waals surface area contributed by atoms with E-state index in [1.165, 1.54) is 25.7 Å². The van der Waals surface area contributed by atoms with Crippen LogP contribution in [0, 0.1) is 0 Å². The number of carbonyl (C=O) groups excluding carboxylic acids is 2. The van der Waals surface area contributed by atoms with Crippen LogP contribution in [-0.2, 0) is 33.3 Å². The zero-order valence-corrected chi connectivity index (χ0v) is 29.3. The molecule has 0 amide bonds. The molecule has 0 saturated carbocycles. The molecule has 0 radical (unpaired) electrons. The minimum absolute atomic E-state index is 0.185. The minimum Gasteiger partial charge on any atom is -0.477 e. The van der Waals surface area contributed by atoms with Crippen LogP contribution in [0.5, 0.6) is 0 Å². The second kappa shape index (κ2) is 29.2. The SMILES string of the molecule is CCCC/C=C\C/C=C\CCCCCCCC(=O)OC(COC(=O)CCCCCCCC)COC(OCC[N+](C)(C)C)C(=O)O. The van der Waals surface area contributed by atoms with E-state index in [-0.39, 0.29) is 32.2 Å². The van der Waals surface area contributed by atoms with Crippen LogP contribution < -0.4 is 0 Å². The van der Waals surface area contributed by atoms with Crippen molar-refractivity contribution in [2.24, 2.45) is 0 Å². The highest BCUT2D eigenvalue weighted by atomic mass is 16.7. The number of hydrogen-bond donors (Lipinski definition) is 1. The van der Waals surface area contributed by atoms with Crippen molar-refractivity contribution in [1.29, 1.82) is 0 Å². The highest BCUT2D eigenvalue weighted by Gasteiger charge is 2.25. The Morgan fingerprint density at radius 1 is 0.667 bits per heavy atom. The van der Waals surface area contributed by atoms with Gasteiger partial charge < -0.3 is 28.5 Å². The third-order valence-electron chi connectivity index (χ3n) is 7.21. The number of rotatable bonds is 31. The third kappa shape index (κ3) is 30.2. The number of esters is 2. The summed E-state index contributed by atoms with van der Waals surface area (Å²) in [6, 6.07) is 0. The van der Waals surface area contributed by atoms with Gasteiger partial charge in [-0.15, -0.1) is 0 Å². The molecule has 0 aliphatic heterocycles. The highest BCUT2D eigenvalue weighted by molar-refractivity contribution is 5.71. The molecule has 0 aromatic carbocycles. The van der Waals surface area contributed by atoms with E-state index < -0.39 is 24.3 Å². The molecule has 0 aliphatic carbocycles. The van der Waals surface area contributed by atoms with Gasteiger partial charge in [0.15, 0.2) is 6.10 Å². The number of carboxylic acids is 1. The maximum atomic E-state index is 12.6. The van der Waals surface area contributed by atoms with Gasteiger partial charge in [-0.25, -0.2) is 4.79 Å². The fraction of sp³-hybridized carbons (Fsp3) is 0.806. The Bertz CT molecular complexity index is 805. The van der Waals surface area contributed by atoms with Crippen molar-refractivity contribution in [2.75, 3.05) is 47.5 Å². The third-order valence-corrected chi connectivity index (χ3v) is 7.21. The predicted molar refractivity (Wildman–Crippen MR) is 180 cm³/mol. The molecular formula is C36H66NO8+. The molecule has 0 heterocycles. The number of aliphatic carboxylic acids is 1. The van der Waals surface area contributed by atoms with Gasteiger partial charge in [-0.2, -0.15) is 0 Å². The lowest BCUT2D eigenvalue weighted by molar-refractivity contribution is -0.870. The Morgan fingerprint density at radius 2 is 1.22 bits per heavy atom. The van der Waals surface area contributed by atoms with Gasteiger partial charge in [0.1, 0.15) is 13.2 Å². The first-order valence-corrected chi connectivity index (χ1v) is 17.5. The second-order valence-electron chi connectivity index (χ2n) is 12.8. The minimum atomic E-state index is -1.51. The van der Waals surface area contributed by atoms with Crippen molar-refractivity contribution in [3.05, 3.63) is 24.3 Å². The van der Waals surface area contributed by atoms with Gasteiger partial charge in [0.05, 0.1) is 34.4 Å². The Balaban J connectivity index is 4.56. The van der Waals surface area contributed by atoms with Gasteiger partial charge in [-0.1, -0.05) is 102 Å². The quantitative estimate of drug-likeness (QED) is 0.0269. The van der Waals surface area contributed by atoms with E-state index in [0.29, 0.717) is 23.9 Å². The number of ether oxygens (including phenoxy) is 4.